The maximum Gasteiger partial charge on any atom is 0.253 e. The van der Waals surface area contributed by atoms with Crippen molar-refractivity contribution < 1.29 is 13.2 Å². The van der Waals surface area contributed by atoms with Crippen LogP contribution in [0.3, 0.4) is 0 Å². The highest BCUT2D eigenvalue weighted by atomic mass is 32.2. The molecule has 0 saturated carbocycles. The van der Waals surface area contributed by atoms with Crippen LogP contribution in [0.5, 0.6) is 0 Å². The Bertz CT molecular complexity index is 645. The van der Waals surface area contributed by atoms with Crippen molar-refractivity contribution >= 4 is 15.7 Å². The van der Waals surface area contributed by atoms with Gasteiger partial charge in [-0.3, -0.25) is 4.79 Å². The van der Waals surface area contributed by atoms with E-state index >= 15 is 0 Å². The third kappa shape index (κ3) is 5.20. The molecule has 0 bridgehead atoms. The number of amides is 1. The zero-order chi connectivity index (χ0) is 16.0. The van der Waals surface area contributed by atoms with E-state index in [9.17, 15) is 13.2 Å². The van der Waals surface area contributed by atoms with E-state index in [1.807, 2.05) is 19.9 Å². The first kappa shape index (κ1) is 17.2. The van der Waals surface area contributed by atoms with Gasteiger partial charge in [0.2, 0.25) is 0 Å². The number of hydrogen-bond acceptors (Lipinski definition) is 4. The molecule has 0 N–H and O–H groups in total. The summed E-state index contributed by atoms with van der Waals surface area (Å²) in [7, 11) is -3.35. The van der Waals surface area contributed by atoms with Crippen molar-refractivity contribution in [3.63, 3.8) is 0 Å². The van der Waals surface area contributed by atoms with Crippen LogP contribution >= 0.6 is 0 Å². The number of carbonyl (C=O) groups excluding carboxylic acids is 1. The summed E-state index contributed by atoms with van der Waals surface area (Å²) in [5, 5.41) is 8.69. The van der Waals surface area contributed by atoms with Crippen LogP contribution in [-0.2, 0) is 9.84 Å². The summed E-state index contributed by atoms with van der Waals surface area (Å²) in [6.07, 6.45) is 1.36. The molecule has 5 nitrogen and oxygen atoms in total. The second-order valence-electron chi connectivity index (χ2n) is 5.35. The lowest BCUT2D eigenvalue weighted by molar-refractivity contribution is 0.0739. The minimum Gasteiger partial charge on any atom is -0.337 e. The molecule has 0 aromatic heterocycles. The van der Waals surface area contributed by atoms with Crippen molar-refractivity contribution in [2.24, 2.45) is 5.92 Å². The highest BCUT2D eigenvalue weighted by Gasteiger charge is 2.18. The van der Waals surface area contributed by atoms with Crippen molar-refractivity contribution in [2.45, 2.75) is 25.2 Å². The summed E-state index contributed by atoms with van der Waals surface area (Å²) in [5.74, 6) is 0.0233. The molecule has 0 heterocycles. The van der Waals surface area contributed by atoms with Crippen LogP contribution in [0.25, 0.3) is 0 Å². The van der Waals surface area contributed by atoms with Gasteiger partial charge in [0, 0.05) is 24.9 Å². The van der Waals surface area contributed by atoms with E-state index in [0.29, 0.717) is 18.7 Å². The molecule has 1 rings (SSSR count). The molecule has 1 aromatic carbocycles. The van der Waals surface area contributed by atoms with Gasteiger partial charge in [0.05, 0.1) is 17.4 Å². The van der Waals surface area contributed by atoms with E-state index in [4.69, 9.17) is 5.26 Å². The van der Waals surface area contributed by atoms with E-state index < -0.39 is 9.84 Å². The maximum absolute atomic E-state index is 12.5. The van der Waals surface area contributed by atoms with E-state index in [1.54, 1.807) is 17.0 Å². The molecule has 1 amide bonds. The monoisotopic (exact) mass is 308 g/mol. The minimum absolute atomic E-state index is 0.123. The van der Waals surface area contributed by atoms with Gasteiger partial charge in [0.15, 0.2) is 9.84 Å². The standard InChI is InChI=1S/C15H20N2O3S/c1-12(2)11-17(9-5-8-16)15(18)13-6-4-7-14(10-13)21(3,19)20/h4,6-7,10,12H,5,9,11H2,1-3H3. The fraction of sp³-hybridized carbons (Fsp3) is 0.467. The summed E-state index contributed by atoms with van der Waals surface area (Å²) >= 11 is 0. The predicted molar refractivity (Wildman–Crippen MR) is 80.5 cm³/mol. The van der Waals surface area contributed by atoms with Crippen molar-refractivity contribution in [2.75, 3.05) is 19.3 Å². The molecule has 114 valence electrons. The summed E-state index contributed by atoms with van der Waals surface area (Å²) in [6.45, 7) is 4.85. The van der Waals surface area contributed by atoms with Gasteiger partial charge in [0.25, 0.3) is 5.91 Å². The molecule has 6 heteroatoms. The van der Waals surface area contributed by atoms with Gasteiger partial charge in [-0.25, -0.2) is 8.42 Å². The Morgan fingerprint density at radius 2 is 2.05 bits per heavy atom. The molecule has 0 aliphatic carbocycles. The number of hydrogen-bond donors (Lipinski definition) is 0. The number of nitrogens with zero attached hydrogens (tertiary/aromatic N) is 2. The number of sulfone groups is 1. The quantitative estimate of drug-likeness (QED) is 0.806. The van der Waals surface area contributed by atoms with Gasteiger partial charge in [-0.15, -0.1) is 0 Å². The second kappa shape index (κ2) is 7.23. The van der Waals surface area contributed by atoms with Gasteiger partial charge in [0.1, 0.15) is 0 Å². The van der Waals surface area contributed by atoms with Crippen molar-refractivity contribution in [3.8, 4) is 6.07 Å². The molecule has 0 aliphatic rings. The first-order valence-electron chi connectivity index (χ1n) is 6.72. The summed E-state index contributed by atoms with van der Waals surface area (Å²) in [4.78, 5) is 14.2. The number of benzene rings is 1. The van der Waals surface area contributed by atoms with Crippen LogP contribution in [0.15, 0.2) is 29.2 Å². The zero-order valence-corrected chi connectivity index (χ0v) is 13.4. The summed E-state index contributed by atoms with van der Waals surface area (Å²) in [5.41, 5.74) is 0.330. The minimum atomic E-state index is -3.35. The van der Waals surface area contributed by atoms with E-state index in [1.165, 1.54) is 12.1 Å². The largest absolute Gasteiger partial charge is 0.337 e. The Labute approximate surface area is 126 Å². The third-order valence-corrected chi connectivity index (χ3v) is 3.99. The van der Waals surface area contributed by atoms with Crippen LogP contribution in [-0.4, -0.2) is 38.6 Å². The Kier molecular flexibility index (Phi) is 5.91. The molecule has 0 spiro atoms. The molecule has 21 heavy (non-hydrogen) atoms. The van der Waals surface area contributed by atoms with Gasteiger partial charge in [-0.05, 0) is 24.1 Å². The van der Waals surface area contributed by atoms with E-state index in [-0.39, 0.29) is 23.1 Å². The molecule has 0 atom stereocenters. The first-order valence-corrected chi connectivity index (χ1v) is 8.61. The Balaban J connectivity index is 3.06. The Hall–Kier alpha value is -1.87. The average Bonchev–Trinajstić information content (AvgIpc) is 2.41. The van der Waals surface area contributed by atoms with Gasteiger partial charge < -0.3 is 4.90 Å². The fourth-order valence-corrected chi connectivity index (χ4v) is 2.61. The zero-order valence-electron chi connectivity index (χ0n) is 12.5. The van der Waals surface area contributed by atoms with E-state index in [2.05, 4.69) is 0 Å². The first-order chi connectivity index (χ1) is 9.75. The number of carbonyl (C=O) groups is 1. The average molecular weight is 308 g/mol. The molecule has 0 radical (unpaired) electrons. The summed E-state index contributed by atoms with van der Waals surface area (Å²) in [6, 6.07) is 8.03. The van der Waals surface area contributed by atoms with Crippen LogP contribution in [0.4, 0.5) is 0 Å². The molecule has 0 saturated heterocycles. The van der Waals surface area contributed by atoms with Crippen LogP contribution in [0, 0.1) is 17.2 Å². The number of rotatable bonds is 6. The molecule has 1 aromatic rings. The maximum atomic E-state index is 12.5. The third-order valence-electron chi connectivity index (χ3n) is 2.88. The Morgan fingerprint density at radius 3 is 2.57 bits per heavy atom. The van der Waals surface area contributed by atoms with Crippen LogP contribution < -0.4 is 0 Å². The molecular formula is C15H20N2O3S. The molecule has 0 unspecified atom stereocenters. The van der Waals surface area contributed by atoms with Crippen molar-refractivity contribution in [1.82, 2.24) is 4.90 Å². The van der Waals surface area contributed by atoms with Crippen molar-refractivity contribution in [1.29, 1.82) is 5.26 Å². The molecule has 0 aliphatic heterocycles. The topological polar surface area (TPSA) is 78.2 Å². The molecular weight excluding hydrogens is 288 g/mol. The van der Waals surface area contributed by atoms with Gasteiger partial charge in [-0.2, -0.15) is 5.26 Å². The van der Waals surface area contributed by atoms with Gasteiger partial charge >= 0.3 is 0 Å². The lowest BCUT2D eigenvalue weighted by Crippen LogP contribution is -2.35. The lowest BCUT2D eigenvalue weighted by Gasteiger charge is -2.23. The Morgan fingerprint density at radius 1 is 1.38 bits per heavy atom. The van der Waals surface area contributed by atoms with Crippen molar-refractivity contribution in [3.05, 3.63) is 29.8 Å². The van der Waals surface area contributed by atoms with Crippen LogP contribution in [0.1, 0.15) is 30.6 Å². The smallest absolute Gasteiger partial charge is 0.253 e. The predicted octanol–water partition coefficient (Wildman–Crippen LogP) is 2.10. The van der Waals surface area contributed by atoms with Gasteiger partial charge in [-0.1, -0.05) is 19.9 Å². The highest BCUT2D eigenvalue weighted by Crippen LogP contribution is 2.14. The second-order valence-corrected chi connectivity index (χ2v) is 7.37. The SMILES string of the molecule is CC(C)CN(CCC#N)C(=O)c1cccc(S(C)(=O)=O)c1. The summed E-state index contributed by atoms with van der Waals surface area (Å²) < 4.78 is 23.1. The molecule has 0 fully saturated rings. The van der Waals surface area contributed by atoms with E-state index in [0.717, 1.165) is 6.26 Å². The van der Waals surface area contributed by atoms with Crippen LogP contribution in [0.2, 0.25) is 0 Å². The lowest BCUT2D eigenvalue weighted by atomic mass is 10.1. The number of nitriles is 1. The fourth-order valence-electron chi connectivity index (χ4n) is 1.94. The normalized spacial score (nSPS) is 11.2. The highest BCUT2D eigenvalue weighted by molar-refractivity contribution is 7.90.